The van der Waals surface area contributed by atoms with Crippen LogP contribution in [0.5, 0.6) is 0 Å². The van der Waals surface area contributed by atoms with E-state index in [1.807, 2.05) is 24.3 Å². The van der Waals surface area contributed by atoms with Crippen LogP contribution in [0.2, 0.25) is 0 Å². The van der Waals surface area contributed by atoms with Crippen LogP contribution in [0.1, 0.15) is 92.4 Å². The van der Waals surface area contributed by atoms with E-state index in [0.29, 0.717) is 28.7 Å². The zero-order valence-electron chi connectivity index (χ0n) is 22.1. The van der Waals surface area contributed by atoms with Crippen LogP contribution in [0.25, 0.3) is 31.9 Å². The van der Waals surface area contributed by atoms with E-state index in [-0.39, 0.29) is 17.7 Å². The molecule has 5 rings (SSSR count). The molecule has 0 radical (unpaired) electrons. The number of imide groups is 1. The summed E-state index contributed by atoms with van der Waals surface area (Å²) in [7, 11) is 0. The van der Waals surface area contributed by atoms with Crippen LogP contribution in [0.4, 0.5) is 0 Å². The van der Waals surface area contributed by atoms with Gasteiger partial charge in [-0.1, -0.05) is 65.2 Å². The fraction of sp³-hybridized carbons (Fsp3) is 0.448. The number of thiophene rings is 2. The Kier molecular flexibility index (Phi) is 9.70. The summed E-state index contributed by atoms with van der Waals surface area (Å²) in [5.41, 5.74) is 3.74. The normalized spacial score (nSPS) is 14.1. The third kappa shape index (κ3) is 6.10. The van der Waals surface area contributed by atoms with Crippen LogP contribution in [0.3, 0.4) is 0 Å². The molecule has 0 saturated heterocycles. The van der Waals surface area contributed by atoms with E-state index in [1.165, 1.54) is 72.5 Å². The monoisotopic (exact) mass is 707 g/mol. The SMILES string of the molecule is CCCCCCCCCCC(C)CN1C(=O)c2c(c(-c3ccc(Br)s3)c3nsnc3c2-c2ccc(Br)s2)C1=O. The summed E-state index contributed by atoms with van der Waals surface area (Å²) in [4.78, 5) is 31.4. The first kappa shape index (κ1) is 29.0. The number of aromatic nitrogens is 2. The molecule has 1 aliphatic heterocycles. The van der Waals surface area contributed by atoms with Gasteiger partial charge in [-0.25, -0.2) is 0 Å². The highest BCUT2D eigenvalue weighted by Gasteiger charge is 2.43. The fourth-order valence-corrected chi connectivity index (χ4v) is 8.80. The Bertz CT molecular complexity index is 1400. The molecule has 1 aromatic carbocycles. The van der Waals surface area contributed by atoms with Crippen molar-refractivity contribution in [3.63, 3.8) is 0 Å². The Hall–Kier alpha value is -1.46. The summed E-state index contributed by atoms with van der Waals surface area (Å²) in [6, 6.07) is 7.89. The smallest absolute Gasteiger partial charge is 0.262 e. The molecule has 0 spiro atoms. The molecule has 2 amide bonds. The number of carbonyl (C=O) groups excluding carboxylic acids is 2. The third-order valence-electron chi connectivity index (χ3n) is 7.31. The van der Waals surface area contributed by atoms with Crippen LogP contribution < -0.4 is 0 Å². The number of hydrogen-bond acceptors (Lipinski definition) is 7. The second kappa shape index (κ2) is 13.0. The molecule has 4 heterocycles. The van der Waals surface area contributed by atoms with Crippen molar-refractivity contribution >= 4 is 89.1 Å². The molecule has 5 nitrogen and oxygen atoms in total. The molecule has 10 heteroatoms. The van der Waals surface area contributed by atoms with Gasteiger partial charge in [0, 0.05) is 27.4 Å². The minimum Gasteiger partial charge on any atom is -0.274 e. The van der Waals surface area contributed by atoms with Crippen molar-refractivity contribution in [2.24, 2.45) is 5.92 Å². The quantitative estimate of drug-likeness (QED) is 0.102. The van der Waals surface area contributed by atoms with Crippen molar-refractivity contribution in [1.29, 1.82) is 0 Å². The maximum Gasteiger partial charge on any atom is 0.262 e. The molecule has 0 N–H and O–H groups in total. The first-order chi connectivity index (χ1) is 18.9. The van der Waals surface area contributed by atoms with Crippen molar-refractivity contribution < 1.29 is 9.59 Å². The Morgan fingerprint density at radius 3 is 1.69 bits per heavy atom. The number of hydrogen-bond donors (Lipinski definition) is 0. The Morgan fingerprint density at radius 2 is 1.23 bits per heavy atom. The van der Waals surface area contributed by atoms with Gasteiger partial charge in [-0.15, -0.1) is 22.7 Å². The summed E-state index contributed by atoms with van der Waals surface area (Å²) in [6.45, 7) is 4.83. The summed E-state index contributed by atoms with van der Waals surface area (Å²) < 4.78 is 11.2. The van der Waals surface area contributed by atoms with Gasteiger partial charge in [-0.2, -0.15) is 8.75 Å². The number of fused-ring (bicyclic) bond motifs is 2. The van der Waals surface area contributed by atoms with Gasteiger partial charge in [0.15, 0.2) is 0 Å². The topological polar surface area (TPSA) is 63.2 Å². The Balaban J connectivity index is 1.43. The lowest BCUT2D eigenvalue weighted by molar-refractivity contribution is 0.0630. The van der Waals surface area contributed by atoms with E-state index >= 15 is 0 Å². The molecule has 39 heavy (non-hydrogen) atoms. The first-order valence-electron chi connectivity index (χ1n) is 13.6. The molecule has 0 aliphatic carbocycles. The van der Waals surface area contributed by atoms with Gasteiger partial charge in [0.25, 0.3) is 11.8 Å². The zero-order chi connectivity index (χ0) is 27.5. The predicted molar refractivity (Wildman–Crippen MR) is 171 cm³/mol. The van der Waals surface area contributed by atoms with Crippen molar-refractivity contribution in [3.05, 3.63) is 43.0 Å². The van der Waals surface area contributed by atoms with Crippen LogP contribution >= 0.6 is 66.3 Å². The molecular formula is C29H31Br2N3O2S3. The highest BCUT2D eigenvalue weighted by atomic mass is 79.9. The maximum atomic E-state index is 14.0. The van der Waals surface area contributed by atoms with Crippen LogP contribution in [-0.2, 0) is 0 Å². The number of amides is 2. The second-order valence-electron chi connectivity index (χ2n) is 10.3. The largest absolute Gasteiger partial charge is 0.274 e. The van der Waals surface area contributed by atoms with Gasteiger partial charge >= 0.3 is 0 Å². The Labute approximate surface area is 258 Å². The zero-order valence-corrected chi connectivity index (χ0v) is 27.7. The average Bonchev–Trinajstić information content (AvgIpc) is 3.70. The second-order valence-corrected chi connectivity index (χ2v) is 15.7. The molecular weight excluding hydrogens is 678 g/mol. The standard InChI is InChI=1S/C29H31Br2N3O2S3/c1-3-4-5-6-7-8-9-10-11-17(2)16-34-28(35)24-22(18-12-14-20(30)37-18)26-27(33-39-32-26)23(25(24)29(34)36)19-13-15-21(31)38-19/h12-15,17H,3-11,16H2,1-2H3. The third-order valence-corrected chi connectivity index (χ3v) is 11.1. The maximum absolute atomic E-state index is 14.0. The predicted octanol–water partition coefficient (Wildman–Crippen LogP) is 10.4. The molecule has 3 aromatic heterocycles. The minimum atomic E-state index is -0.218. The summed E-state index contributed by atoms with van der Waals surface area (Å²) in [6.07, 6.45) is 11.2. The molecule has 206 valence electrons. The average molecular weight is 710 g/mol. The van der Waals surface area contributed by atoms with Crippen LogP contribution in [0, 0.1) is 5.92 Å². The van der Waals surface area contributed by atoms with E-state index in [9.17, 15) is 9.59 Å². The van der Waals surface area contributed by atoms with Crippen molar-refractivity contribution in [3.8, 4) is 20.9 Å². The lowest BCUT2D eigenvalue weighted by atomic mass is 9.93. The lowest BCUT2D eigenvalue weighted by Crippen LogP contribution is -2.34. The first-order valence-corrected chi connectivity index (χ1v) is 17.6. The fourth-order valence-electron chi connectivity index (χ4n) is 5.37. The van der Waals surface area contributed by atoms with Crippen LogP contribution in [0.15, 0.2) is 31.8 Å². The Morgan fingerprint density at radius 1 is 0.744 bits per heavy atom. The molecule has 0 saturated carbocycles. The molecule has 0 fully saturated rings. The lowest BCUT2D eigenvalue weighted by Gasteiger charge is -2.19. The number of benzene rings is 1. The number of carbonyl (C=O) groups is 2. The highest BCUT2D eigenvalue weighted by molar-refractivity contribution is 9.11. The van der Waals surface area contributed by atoms with Gasteiger partial charge in [0.1, 0.15) is 11.0 Å². The van der Waals surface area contributed by atoms with Gasteiger partial charge in [0.05, 0.1) is 30.4 Å². The van der Waals surface area contributed by atoms with Gasteiger partial charge in [0.2, 0.25) is 0 Å². The number of halogens is 2. The van der Waals surface area contributed by atoms with Crippen molar-refractivity contribution in [2.45, 2.75) is 71.6 Å². The highest BCUT2D eigenvalue weighted by Crippen LogP contribution is 2.48. The van der Waals surface area contributed by atoms with E-state index < -0.39 is 0 Å². The molecule has 1 aliphatic rings. The molecule has 0 bridgehead atoms. The molecule has 4 aromatic rings. The number of unbranched alkanes of at least 4 members (excludes halogenated alkanes) is 7. The minimum absolute atomic E-state index is 0.218. The summed E-state index contributed by atoms with van der Waals surface area (Å²) in [5.74, 6) is -0.198. The van der Waals surface area contributed by atoms with E-state index in [2.05, 4.69) is 54.5 Å². The number of rotatable bonds is 13. The van der Waals surface area contributed by atoms with Gasteiger partial charge in [-0.05, 0) is 68.5 Å². The van der Waals surface area contributed by atoms with E-state index in [0.717, 1.165) is 53.0 Å². The molecule has 1 unspecified atom stereocenters. The van der Waals surface area contributed by atoms with Gasteiger partial charge in [-0.3, -0.25) is 14.5 Å². The van der Waals surface area contributed by atoms with Crippen LogP contribution in [-0.4, -0.2) is 32.0 Å². The molecule has 1 atom stereocenters. The summed E-state index contributed by atoms with van der Waals surface area (Å²) in [5, 5.41) is 0. The number of nitrogens with zero attached hydrogens (tertiary/aromatic N) is 3. The van der Waals surface area contributed by atoms with Crippen molar-refractivity contribution in [1.82, 2.24) is 13.6 Å². The van der Waals surface area contributed by atoms with Gasteiger partial charge < -0.3 is 0 Å². The van der Waals surface area contributed by atoms with E-state index in [1.54, 1.807) is 0 Å². The summed E-state index contributed by atoms with van der Waals surface area (Å²) >= 11 is 11.3. The van der Waals surface area contributed by atoms with E-state index in [4.69, 9.17) is 0 Å². The van der Waals surface area contributed by atoms with Crippen molar-refractivity contribution in [2.75, 3.05) is 6.54 Å².